The third-order valence-electron chi connectivity index (χ3n) is 1.92. The molecule has 0 radical (unpaired) electrons. The zero-order chi connectivity index (χ0) is 11.9. The normalized spacial score (nSPS) is 12.0. The number of hydrogen-bond acceptors (Lipinski definition) is 2. The SMILES string of the molecule is O=c1[nH]c2ccc(Br)cc2nc1C(F)(F)F. The predicted molar refractivity (Wildman–Crippen MR) is 55.1 cm³/mol. The van der Waals surface area contributed by atoms with Gasteiger partial charge in [-0.3, -0.25) is 4.79 Å². The summed E-state index contributed by atoms with van der Waals surface area (Å²) in [5.41, 5.74) is -2.32. The maximum absolute atomic E-state index is 12.4. The van der Waals surface area contributed by atoms with Crippen molar-refractivity contribution >= 4 is 27.0 Å². The number of fused-ring (bicyclic) bond motifs is 1. The molecule has 0 saturated heterocycles. The number of alkyl halides is 3. The van der Waals surface area contributed by atoms with E-state index in [-0.39, 0.29) is 11.0 Å². The Morgan fingerprint density at radius 1 is 1.31 bits per heavy atom. The molecule has 3 nitrogen and oxygen atoms in total. The summed E-state index contributed by atoms with van der Waals surface area (Å²) in [6, 6.07) is 4.49. The van der Waals surface area contributed by atoms with Crippen LogP contribution in [0.5, 0.6) is 0 Å². The van der Waals surface area contributed by atoms with E-state index in [1.54, 1.807) is 6.07 Å². The third-order valence-corrected chi connectivity index (χ3v) is 2.42. The molecule has 2 aromatic rings. The first-order valence-corrected chi connectivity index (χ1v) is 4.94. The molecule has 0 saturated carbocycles. The van der Waals surface area contributed by atoms with E-state index in [4.69, 9.17) is 0 Å². The molecule has 1 aromatic heterocycles. The molecule has 0 unspecified atom stereocenters. The summed E-state index contributed by atoms with van der Waals surface area (Å²) in [7, 11) is 0. The summed E-state index contributed by atoms with van der Waals surface area (Å²) in [5.74, 6) is 0. The number of halogens is 4. The lowest BCUT2D eigenvalue weighted by Gasteiger charge is -2.05. The zero-order valence-electron chi connectivity index (χ0n) is 7.60. The van der Waals surface area contributed by atoms with Crippen molar-refractivity contribution < 1.29 is 13.2 Å². The van der Waals surface area contributed by atoms with Crippen LogP contribution >= 0.6 is 15.9 Å². The fourth-order valence-electron chi connectivity index (χ4n) is 1.25. The summed E-state index contributed by atoms with van der Waals surface area (Å²) in [5, 5.41) is 0. The highest BCUT2D eigenvalue weighted by molar-refractivity contribution is 9.10. The van der Waals surface area contributed by atoms with Crippen LogP contribution in [0.4, 0.5) is 13.2 Å². The van der Waals surface area contributed by atoms with E-state index in [1.807, 2.05) is 0 Å². The van der Waals surface area contributed by atoms with Gasteiger partial charge in [0.2, 0.25) is 5.69 Å². The minimum atomic E-state index is -4.75. The smallest absolute Gasteiger partial charge is 0.319 e. The predicted octanol–water partition coefficient (Wildman–Crippen LogP) is 2.70. The van der Waals surface area contributed by atoms with Crippen molar-refractivity contribution in [3.63, 3.8) is 0 Å². The highest BCUT2D eigenvalue weighted by atomic mass is 79.9. The Morgan fingerprint density at radius 2 is 2.00 bits per heavy atom. The van der Waals surface area contributed by atoms with Gasteiger partial charge in [-0.15, -0.1) is 0 Å². The first kappa shape index (κ1) is 11.1. The van der Waals surface area contributed by atoms with Crippen molar-refractivity contribution in [2.24, 2.45) is 0 Å². The van der Waals surface area contributed by atoms with E-state index in [2.05, 4.69) is 25.9 Å². The maximum atomic E-state index is 12.4. The number of nitrogens with zero attached hydrogens (tertiary/aromatic N) is 1. The monoisotopic (exact) mass is 292 g/mol. The van der Waals surface area contributed by atoms with E-state index < -0.39 is 17.4 Å². The second-order valence-corrected chi connectivity index (χ2v) is 3.99. The lowest BCUT2D eigenvalue weighted by molar-refractivity contribution is -0.142. The van der Waals surface area contributed by atoms with Gasteiger partial charge in [0.25, 0.3) is 5.56 Å². The van der Waals surface area contributed by atoms with Gasteiger partial charge < -0.3 is 4.98 Å². The Bertz CT molecular complexity index is 606. The second-order valence-electron chi connectivity index (χ2n) is 3.07. The van der Waals surface area contributed by atoms with E-state index in [0.717, 1.165) is 0 Å². The molecule has 0 bridgehead atoms. The summed E-state index contributed by atoms with van der Waals surface area (Å²) < 4.78 is 37.7. The Labute approximate surface area is 95.4 Å². The van der Waals surface area contributed by atoms with Crippen LogP contribution in [0.2, 0.25) is 0 Å². The van der Waals surface area contributed by atoms with Gasteiger partial charge in [-0.25, -0.2) is 4.98 Å². The van der Waals surface area contributed by atoms with Gasteiger partial charge in [0.15, 0.2) is 0 Å². The van der Waals surface area contributed by atoms with Crippen LogP contribution in [-0.4, -0.2) is 9.97 Å². The molecule has 84 valence electrons. The van der Waals surface area contributed by atoms with Gasteiger partial charge in [-0.2, -0.15) is 13.2 Å². The first-order chi connectivity index (χ1) is 7.38. The Balaban J connectivity index is 2.79. The summed E-state index contributed by atoms with van der Waals surface area (Å²) >= 11 is 3.11. The van der Waals surface area contributed by atoms with Crippen molar-refractivity contribution in [2.75, 3.05) is 0 Å². The molecule has 7 heteroatoms. The van der Waals surface area contributed by atoms with Crippen LogP contribution in [0.3, 0.4) is 0 Å². The number of benzene rings is 1. The van der Waals surface area contributed by atoms with E-state index in [1.165, 1.54) is 12.1 Å². The molecule has 0 aliphatic rings. The number of hydrogen-bond donors (Lipinski definition) is 1. The summed E-state index contributed by atoms with van der Waals surface area (Å²) in [6.07, 6.45) is -4.75. The second kappa shape index (κ2) is 3.58. The minimum absolute atomic E-state index is 0.0845. The van der Waals surface area contributed by atoms with Gasteiger partial charge in [0.05, 0.1) is 11.0 Å². The first-order valence-electron chi connectivity index (χ1n) is 4.15. The molecule has 0 aliphatic carbocycles. The van der Waals surface area contributed by atoms with E-state index >= 15 is 0 Å². The summed E-state index contributed by atoms with van der Waals surface area (Å²) in [6.45, 7) is 0. The van der Waals surface area contributed by atoms with E-state index in [9.17, 15) is 18.0 Å². The van der Waals surface area contributed by atoms with E-state index in [0.29, 0.717) is 4.47 Å². The Kier molecular flexibility index (Phi) is 2.49. The lowest BCUT2D eigenvalue weighted by atomic mass is 10.3. The van der Waals surface area contributed by atoms with Gasteiger partial charge in [-0.05, 0) is 18.2 Å². The molecule has 2 rings (SSSR count). The largest absolute Gasteiger partial charge is 0.438 e. The van der Waals surface area contributed by atoms with Crippen LogP contribution in [0.25, 0.3) is 11.0 Å². The Morgan fingerprint density at radius 3 is 2.62 bits per heavy atom. The lowest BCUT2D eigenvalue weighted by Crippen LogP contribution is -2.23. The van der Waals surface area contributed by atoms with Gasteiger partial charge in [0, 0.05) is 4.47 Å². The van der Waals surface area contributed by atoms with Gasteiger partial charge in [-0.1, -0.05) is 15.9 Å². The number of aromatic amines is 1. The van der Waals surface area contributed by atoms with Crippen LogP contribution in [0, 0.1) is 0 Å². The Hall–Kier alpha value is -1.37. The van der Waals surface area contributed by atoms with Crippen molar-refractivity contribution in [3.8, 4) is 0 Å². The minimum Gasteiger partial charge on any atom is -0.319 e. The number of H-pyrrole nitrogens is 1. The molecule has 1 N–H and O–H groups in total. The van der Waals surface area contributed by atoms with Crippen LogP contribution in [0.15, 0.2) is 27.5 Å². The molecule has 0 atom stereocenters. The average molecular weight is 293 g/mol. The quantitative estimate of drug-likeness (QED) is 0.811. The fraction of sp³-hybridized carbons (Fsp3) is 0.111. The summed E-state index contributed by atoms with van der Waals surface area (Å²) in [4.78, 5) is 16.6. The van der Waals surface area contributed by atoms with Crippen molar-refractivity contribution in [3.05, 3.63) is 38.7 Å². The third kappa shape index (κ3) is 1.95. The molecule has 0 amide bonds. The zero-order valence-corrected chi connectivity index (χ0v) is 9.19. The maximum Gasteiger partial charge on any atom is 0.438 e. The van der Waals surface area contributed by atoms with Crippen LogP contribution in [0.1, 0.15) is 5.69 Å². The molecule has 0 fully saturated rings. The molecule has 0 aliphatic heterocycles. The van der Waals surface area contributed by atoms with Crippen molar-refractivity contribution in [1.82, 2.24) is 9.97 Å². The van der Waals surface area contributed by atoms with Gasteiger partial charge in [0.1, 0.15) is 0 Å². The number of nitrogens with one attached hydrogen (secondary N) is 1. The molecular formula is C9H4BrF3N2O. The van der Waals surface area contributed by atoms with Crippen molar-refractivity contribution in [2.45, 2.75) is 6.18 Å². The standard InChI is InChI=1S/C9H4BrF3N2O/c10-4-1-2-5-6(3-4)14-7(8(16)15-5)9(11,12)13/h1-3H,(H,15,16). The highest BCUT2D eigenvalue weighted by Crippen LogP contribution is 2.26. The number of aromatic nitrogens is 2. The molecule has 1 heterocycles. The fourth-order valence-corrected chi connectivity index (χ4v) is 1.60. The van der Waals surface area contributed by atoms with Gasteiger partial charge >= 0.3 is 6.18 Å². The molecular weight excluding hydrogens is 289 g/mol. The van der Waals surface area contributed by atoms with Crippen LogP contribution < -0.4 is 5.56 Å². The van der Waals surface area contributed by atoms with Crippen LogP contribution in [-0.2, 0) is 6.18 Å². The van der Waals surface area contributed by atoms with Crippen molar-refractivity contribution in [1.29, 1.82) is 0 Å². The topological polar surface area (TPSA) is 45.8 Å². The molecule has 1 aromatic carbocycles. The average Bonchev–Trinajstić information content (AvgIpc) is 2.16. The number of rotatable bonds is 0. The molecule has 16 heavy (non-hydrogen) atoms. The molecule has 0 spiro atoms. The highest BCUT2D eigenvalue weighted by Gasteiger charge is 2.36.